The van der Waals surface area contributed by atoms with Gasteiger partial charge in [0, 0.05) is 18.0 Å². The van der Waals surface area contributed by atoms with E-state index in [-0.39, 0.29) is 24.3 Å². The molecule has 0 spiro atoms. The van der Waals surface area contributed by atoms with E-state index in [0.29, 0.717) is 11.6 Å². The Hall–Kier alpha value is -2.10. The van der Waals surface area contributed by atoms with E-state index in [9.17, 15) is 15.0 Å². The first-order valence-electron chi connectivity index (χ1n) is 10.9. The van der Waals surface area contributed by atoms with Crippen LogP contribution in [0, 0.1) is 11.3 Å². The summed E-state index contributed by atoms with van der Waals surface area (Å²) >= 11 is 1.72. The summed E-state index contributed by atoms with van der Waals surface area (Å²) in [6, 6.07) is 0. The van der Waals surface area contributed by atoms with Gasteiger partial charge in [0.2, 0.25) is 5.82 Å². The summed E-state index contributed by atoms with van der Waals surface area (Å²) < 4.78 is 1.57. The number of aryl methyl sites for hydroxylation is 1. The van der Waals surface area contributed by atoms with Gasteiger partial charge in [-0.2, -0.15) is 0 Å². The highest BCUT2D eigenvalue weighted by atomic mass is 32.1. The van der Waals surface area contributed by atoms with E-state index in [1.165, 1.54) is 15.3 Å². The molecule has 0 saturated carbocycles. The zero-order valence-corrected chi connectivity index (χ0v) is 19.6. The van der Waals surface area contributed by atoms with Crippen molar-refractivity contribution in [3.05, 3.63) is 22.6 Å². The van der Waals surface area contributed by atoms with Crippen molar-refractivity contribution in [2.45, 2.75) is 66.1 Å². The van der Waals surface area contributed by atoms with Crippen LogP contribution in [0.3, 0.4) is 0 Å². The number of rotatable bonds is 5. The molecule has 0 bridgehead atoms. The van der Waals surface area contributed by atoms with Crippen LogP contribution in [0.2, 0.25) is 0 Å². The third kappa shape index (κ3) is 4.31. The van der Waals surface area contributed by atoms with E-state index >= 15 is 0 Å². The Bertz CT molecular complexity index is 1100. The largest absolute Gasteiger partial charge is 0.392 e. The van der Waals surface area contributed by atoms with E-state index in [0.717, 1.165) is 29.5 Å². The van der Waals surface area contributed by atoms with Gasteiger partial charge in [-0.05, 0) is 50.0 Å². The Morgan fingerprint density at radius 2 is 1.97 bits per heavy atom. The number of hydrogen-bond donors (Lipinski definition) is 2. The number of hydrogen-bond acceptors (Lipinski definition) is 7. The van der Waals surface area contributed by atoms with Crippen LogP contribution in [0.25, 0.3) is 15.9 Å². The lowest BCUT2D eigenvalue weighted by molar-refractivity contribution is 0.0507. The number of amides is 1. The summed E-state index contributed by atoms with van der Waals surface area (Å²) in [7, 11) is 0. The van der Waals surface area contributed by atoms with Gasteiger partial charge in [-0.25, -0.2) is 14.5 Å². The van der Waals surface area contributed by atoms with Crippen LogP contribution < -0.4 is 0 Å². The molecule has 3 aromatic rings. The number of thiophene rings is 1. The molecule has 0 radical (unpaired) electrons. The Morgan fingerprint density at radius 3 is 2.58 bits per heavy atom. The second-order valence-electron chi connectivity index (χ2n) is 9.85. The summed E-state index contributed by atoms with van der Waals surface area (Å²) in [4.78, 5) is 25.9. The molecule has 3 aromatic heterocycles. The highest BCUT2D eigenvalue weighted by molar-refractivity contribution is 7.19. The molecule has 3 unspecified atom stereocenters. The highest BCUT2D eigenvalue weighted by Crippen LogP contribution is 2.43. The predicted octanol–water partition coefficient (Wildman–Crippen LogP) is 2.69. The number of carbonyl (C=O) groups excluding carboxylic acids is 1. The summed E-state index contributed by atoms with van der Waals surface area (Å²) in [5, 5.41) is 24.9. The van der Waals surface area contributed by atoms with Gasteiger partial charge in [0.25, 0.3) is 5.91 Å². The zero-order valence-electron chi connectivity index (χ0n) is 18.8. The van der Waals surface area contributed by atoms with E-state index in [1.54, 1.807) is 36.0 Å². The molecule has 0 aromatic carbocycles. The molecule has 168 valence electrons. The average Bonchev–Trinajstić information content (AvgIpc) is 3.25. The number of aliphatic hydroxyl groups is 2. The second-order valence-corrected chi connectivity index (χ2v) is 10.9. The lowest BCUT2D eigenvalue weighted by Gasteiger charge is -2.33. The number of aliphatic hydroxyl groups excluding tert-OH is 2. The molecule has 0 aliphatic heterocycles. The maximum absolute atomic E-state index is 13.0. The zero-order chi connectivity index (χ0) is 22.5. The Balaban J connectivity index is 1.73. The Kier molecular flexibility index (Phi) is 5.78. The van der Waals surface area contributed by atoms with Gasteiger partial charge in [0.05, 0.1) is 17.6 Å². The molecular weight excluding hydrogens is 414 g/mol. The molecule has 31 heavy (non-hydrogen) atoms. The smallest absolute Gasteiger partial charge is 0.293 e. The topological polar surface area (TPSA) is 104 Å². The maximum Gasteiger partial charge on any atom is 0.293 e. The van der Waals surface area contributed by atoms with Crippen LogP contribution in [0.15, 0.2) is 6.33 Å². The molecule has 4 rings (SSSR count). The molecule has 3 heterocycles. The standard InChI is InChI=1S/C22H31N5O3S/c1-12(28)9-26(10-13(2)29)21(30)18-24-19-17-15-7-6-14(22(3,4)5)8-16(15)31-20(17)23-11-27(19)25-18/h11-14,28-29H,6-10H2,1-5H3. The third-order valence-electron chi connectivity index (χ3n) is 6.06. The lowest BCUT2D eigenvalue weighted by Crippen LogP contribution is -2.41. The molecule has 9 heteroatoms. The van der Waals surface area contributed by atoms with E-state index in [2.05, 4.69) is 35.8 Å². The first-order chi connectivity index (χ1) is 14.5. The number of nitrogens with zero attached hydrogens (tertiary/aromatic N) is 5. The van der Waals surface area contributed by atoms with Crippen LogP contribution in [-0.4, -0.2) is 65.9 Å². The molecule has 1 aliphatic carbocycles. The van der Waals surface area contributed by atoms with Crippen molar-refractivity contribution in [1.29, 1.82) is 0 Å². The van der Waals surface area contributed by atoms with Crippen LogP contribution >= 0.6 is 11.3 Å². The van der Waals surface area contributed by atoms with Gasteiger partial charge >= 0.3 is 0 Å². The van der Waals surface area contributed by atoms with Crippen LogP contribution in [0.1, 0.15) is 62.1 Å². The minimum atomic E-state index is -0.715. The average molecular weight is 446 g/mol. The van der Waals surface area contributed by atoms with Gasteiger partial charge < -0.3 is 15.1 Å². The fourth-order valence-electron chi connectivity index (χ4n) is 4.42. The summed E-state index contributed by atoms with van der Waals surface area (Å²) in [5.41, 5.74) is 2.20. The van der Waals surface area contributed by atoms with Crippen molar-refractivity contribution < 1.29 is 15.0 Å². The normalized spacial score (nSPS) is 18.9. The molecule has 1 amide bonds. The van der Waals surface area contributed by atoms with E-state index < -0.39 is 18.1 Å². The van der Waals surface area contributed by atoms with Gasteiger partial charge in [-0.1, -0.05) is 20.8 Å². The summed E-state index contributed by atoms with van der Waals surface area (Å²) in [5.74, 6) is 0.281. The molecular formula is C22H31N5O3S. The van der Waals surface area contributed by atoms with Crippen molar-refractivity contribution in [2.24, 2.45) is 11.3 Å². The molecule has 3 atom stereocenters. The molecule has 8 nitrogen and oxygen atoms in total. The number of fused-ring (bicyclic) bond motifs is 5. The van der Waals surface area contributed by atoms with Crippen molar-refractivity contribution in [2.75, 3.05) is 13.1 Å². The van der Waals surface area contributed by atoms with E-state index in [4.69, 9.17) is 0 Å². The summed E-state index contributed by atoms with van der Waals surface area (Å²) in [6.07, 6.45) is 3.33. The number of aromatic nitrogens is 4. The van der Waals surface area contributed by atoms with E-state index in [1.807, 2.05) is 0 Å². The van der Waals surface area contributed by atoms with Crippen molar-refractivity contribution in [3.63, 3.8) is 0 Å². The first-order valence-corrected chi connectivity index (χ1v) is 11.7. The third-order valence-corrected chi connectivity index (χ3v) is 7.22. The molecule has 1 aliphatic rings. The molecule has 2 N–H and O–H groups in total. The van der Waals surface area contributed by atoms with Crippen molar-refractivity contribution >= 4 is 33.1 Å². The molecule has 0 saturated heterocycles. The Labute approximate surface area is 185 Å². The second kappa shape index (κ2) is 8.11. The highest BCUT2D eigenvalue weighted by Gasteiger charge is 2.32. The minimum absolute atomic E-state index is 0.0546. The minimum Gasteiger partial charge on any atom is -0.392 e. The number of carbonyl (C=O) groups is 1. The van der Waals surface area contributed by atoms with Crippen LogP contribution in [0.4, 0.5) is 0 Å². The van der Waals surface area contributed by atoms with Gasteiger partial charge in [-0.3, -0.25) is 4.79 Å². The monoisotopic (exact) mass is 445 g/mol. The van der Waals surface area contributed by atoms with Gasteiger partial charge in [0.1, 0.15) is 11.2 Å². The fraction of sp³-hybridized carbons (Fsp3) is 0.636. The van der Waals surface area contributed by atoms with Crippen molar-refractivity contribution in [3.8, 4) is 0 Å². The van der Waals surface area contributed by atoms with Crippen LogP contribution in [-0.2, 0) is 12.8 Å². The predicted molar refractivity (Wildman–Crippen MR) is 120 cm³/mol. The SMILES string of the molecule is CC(O)CN(CC(C)O)C(=O)c1nc2c3c4c(sc3ncn2n1)CC(C(C)(C)C)CC4. The van der Waals surface area contributed by atoms with Gasteiger partial charge in [-0.15, -0.1) is 16.4 Å². The first kappa shape index (κ1) is 22.1. The van der Waals surface area contributed by atoms with Crippen LogP contribution in [0.5, 0.6) is 0 Å². The van der Waals surface area contributed by atoms with Gasteiger partial charge in [0.15, 0.2) is 5.65 Å². The summed E-state index contributed by atoms with van der Waals surface area (Å²) in [6.45, 7) is 10.3. The lowest BCUT2D eigenvalue weighted by atomic mass is 9.72. The molecule has 0 fully saturated rings. The quantitative estimate of drug-likeness (QED) is 0.626. The van der Waals surface area contributed by atoms with Crippen molar-refractivity contribution in [1.82, 2.24) is 24.5 Å². The Morgan fingerprint density at radius 1 is 1.29 bits per heavy atom. The maximum atomic E-state index is 13.0. The fourth-order valence-corrected chi connectivity index (χ4v) is 5.69.